The Balaban J connectivity index is 4.32. The molecule has 0 amide bonds. The molecule has 96 valence electrons. The van der Waals surface area contributed by atoms with Crippen LogP contribution in [0.25, 0.3) is 0 Å². The zero-order valence-corrected chi connectivity index (χ0v) is 11.4. The largest absolute Gasteiger partial charge is 0.480 e. The number of carboxylic acids is 1. The Morgan fingerprint density at radius 3 is 2.69 bits per heavy atom. The van der Waals surface area contributed by atoms with Crippen LogP contribution in [0.4, 0.5) is 0 Å². The van der Waals surface area contributed by atoms with Gasteiger partial charge in [-0.15, -0.1) is 0 Å². The highest BCUT2D eigenvalue weighted by Gasteiger charge is 2.28. The fraction of sp³-hybridized carbons (Fsp3) is 0.875. The molecule has 0 aliphatic carbocycles. The maximum Gasteiger partial charge on any atom is 0.327 e. The topological polar surface area (TPSA) is 87.7 Å². The molecule has 0 saturated carbocycles. The molecule has 0 rings (SSSR count). The zero-order valence-electron chi connectivity index (χ0n) is 9.73. The van der Waals surface area contributed by atoms with E-state index in [1.165, 1.54) is 6.92 Å². The van der Waals surface area contributed by atoms with Crippen molar-refractivity contribution in [2.45, 2.75) is 19.9 Å². The predicted molar refractivity (Wildman–Crippen MR) is 65.9 cm³/mol. The summed E-state index contributed by atoms with van der Waals surface area (Å²) in [6.45, 7) is 1.01. The van der Waals surface area contributed by atoms with Gasteiger partial charge in [-0.3, -0.25) is 9.36 Å². The second-order valence-electron chi connectivity index (χ2n) is 3.04. The Kier molecular flexibility index (Phi) is 8.05. The van der Waals surface area contributed by atoms with Gasteiger partial charge in [0.25, 0.3) is 0 Å². The highest BCUT2D eigenvalue weighted by molar-refractivity contribution is 8.56. The third-order valence-electron chi connectivity index (χ3n) is 1.63. The fourth-order valence-electron chi connectivity index (χ4n) is 0.842. The van der Waals surface area contributed by atoms with Crippen molar-refractivity contribution in [2.24, 2.45) is 0 Å². The molecule has 0 aliphatic rings. The van der Waals surface area contributed by atoms with E-state index in [1.807, 2.05) is 0 Å². The molecular weight excluding hydrogens is 251 g/mol. The van der Waals surface area contributed by atoms with Gasteiger partial charge in [-0.2, -0.15) is 0 Å². The molecule has 0 saturated heterocycles. The van der Waals surface area contributed by atoms with Crippen LogP contribution >= 0.6 is 18.1 Å². The van der Waals surface area contributed by atoms with Crippen LogP contribution in [0.1, 0.15) is 13.8 Å². The minimum atomic E-state index is -3.11. The van der Waals surface area contributed by atoms with Crippen LogP contribution < -0.4 is 10.4 Å². The molecule has 0 aromatic rings. The Bertz CT molecular complexity index is 264. The van der Waals surface area contributed by atoms with Gasteiger partial charge in [-0.1, -0.05) is 11.4 Å². The summed E-state index contributed by atoms with van der Waals surface area (Å²) < 4.78 is 17.3. The van der Waals surface area contributed by atoms with Crippen molar-refractivity contribution in [3.8, 4) is 0 Å². The lowest BCUT2D eigenvalue weighted by Crippen LogP contribution is -2.31. The van der Waals surface area contributed by atoms with Crippen LogP contribution in [0.15, 0.2) is 0 Å². The lowest BCUT2D eigenvalue weighted by atomic mass is 10.4. The van der Waals surface area contributed by atoms with Crippen LogP contribution in [-0.2, 0) is 13.9 Å². The predicted octanol–water partition coefficient (Wildman–Crippen LogP) is 1.15. The number of aliphatic carboxylic acids is 1. The molecule has 8 heteroatoms. The summed E-state index contributed by atoms with van der Waals surface area (Å²) in [5.74, 6) is -0.457. The molecule has 0 heterocycles. The van der Waals surface area contributed by atoms with Gasteiger partial charge in [0.2, 0.25) is 0 Å². The van der Waals surface area contributed by atoms with Gasteiger partial charge in [-0.25, -0.2) is 5.09 Å². The molecule has 0 fully saturated rings. The number of hydrogen-bond donors (Lipinski definition) is 3. The van der Waals surface area contributed by atoms with Gasteiger partial charge in [0.05, 0.1) is 6.61 Å². The molecule has 0 radical (unpaired) electrons. The lowest BCUT2D eigenvalue weighted by Gasteiger charge is -2.20. The van der Waals surface area contributed by atoms with Crippen molar-refractivity contribution in [1.29, 1.82) is 0 Å². The first-order valence-corrected chi connectivity index (χ1v) is 8.21. The second-order valence-corrected chi connectivity index (χ2v) is 7.44. The monoisotopic (exact) mass is 270 g/mol. The highest BCUT2D eigenvalue weighted by Crippen LogP contribution is 2.55. The maximum atomic E-state index is 12.1. The summed E-state index contributed by atoms with van der Waals surface area (Å²) in [5.41, 5.74) is 0. The molecule has 6 nitrogen and oxygen atoms in total. The standard InChI is InChI=1S/C8H19N2O4PS/c1-4-14-15(13,16-6-5-9-3)10-7(2)8(11)12/h7,9H,4-6H2,1-3H3,(H,10,13)(H,11,12)/t7?,15-/m1/s1. The minimum absolute atomic E-state index is 0.281. The van der Waals surface area contributed by atoms with Crippen LogP contribution in [-0.4, -0.2) is 43.1 Å². The van der Waals surface area contributed by atoms with Gasteiger partial charge in [0.1, 0.15) is 6.04 Å². The zero-order chi connectivity index (χ0) is 12.6. The van der Waals surface area contributed by atoms with Crippen molar-refractivity contribution < 1.29 is 19.0 Å². The summed E-state index contributed by atoms with van der Waals surface area (Å²) in [7, 11) is 1.79. The van der Waals surface area contributed by atoms with Crippen LogP contribution in [0.5, 0.6) is 0 Å². The van der Waals surface area contributed by atoms with Crippen molar-refractivity contribution in [1.82, 2.24) is 10.4 Å². The lowest BCUT2D eigenvalue weighted by molar-refractivity contribution is -0.138. The third-order valence-corrected chi connectivity index (χ3v) is 5.86. The van der Waals surface area contributed by atoms with E-state index in [2.05, 4.69) is 10.4 Å². The van der Waals surface area contributed by atoms with E-state index in [0.29, 0.717) is 12.3 Å². The van der Waals surface area contributed by atoms with E-state index in [-0.39, 0.29) is 6.61 Å². The van der Waals surface area contributed by atoms with E-state index in [1.54, 1.807) is 14.0 Å². The van der Waals surface area contributed by atoms with E-state index >= 15 is 0 Å². The Hall–Kier alpha value is -0.0700. The van der Waals surface area contributed by atoms with Crippen molar-refractivity contribution >= 4 is 24.1 Å². The quantitative estimate of drug-likeness (QED) is 0.428. The molecule has 3 N–H and O–H groups in total. The van der Waals surface area contributed by atoms with Gasteiger partial charge >= 0.3 is 12.7 Å². The Morgan fingerprint density at radius 1 is 1.62 bits per heavy atom. The summed E-state index contributed by atoms with van der Waals surface area (Å²) in [4.78, 5) is 10.7. The van der Waals surface area contributed by atoms with E-state index < -0.39 is 18.7 Å². The molecule has 0 spiro atoms. The first-order chi connectivity index (χ1) is 7.45. The maximum absolute atomic E-state index is 12.1. The molecule has 2 atom stereocenters. The number of rotatable bonds is 9. The average molecular weight is 270 g/mol. The number of carbonyl (C=O) groups is 1. The molecule has 0 aromatic carbocycles. The molecule has 0 aromatic heterocycles. The second kappa shape index (κ2) is 8.08. The summed E-state index contributed by atoms with van der Waals surface area (Å²) in [5, 5.41) is 14.2. The number of carboxylic acid groups (broad SMARTS) is 1. The van der Waals surface area contributed by atoms with Crippen LogP contribution in [0.3, 0.4) is 0 Å². The fourth-order valence-corrected chi connectivity index (χ4v) is 4.76. The average Bonchev–Trinajstić information content (AvgIpc) is 2.18. The van der Waals surface area contributed by atoms with Crippen LogP contribution in [0, 0.1) is 0 Å². The molecule has 1 unspecified atom stereocenters. The normalized spacial score (nSPS) is 16.7. The Labute approximate surface area is 99.8 Å². The molecule has 16 heavy (non-hydrogen) atoms. The summed E-state index contributed by atoms with van der Waals surface area (Å²) >= 11 is 1.12. The molecule has 0 bridgehead atoms. The van der Waals surface area contributed by atoms with Crippen molar-refractivity contribution in [3.05, 3.63) is 0 Å². The SMILES string of the molecule is CCO[P@](=O)(NC(C)C(=O)O)SCCNC. The number of hydrogen-bond acceptors (Lipinski definition) is 5. The van der Waals surface area contributed by atoms with Gasteiger partial charge in [-0.05, 0) is 20.9 Å². The van der Waals surface area contributed by atoms with Crippen LogP contribution in [0.2, 0.25) is 0 Å². The van der Waals surface area contributed by atoms with Crippen molar-refractivity contribution in [2.75, 3.05) is 26.0 Å². The first kappa shape index (κ1) is 15.9. The van der Waals surface area contributed by atoms with E-state index in [9.17, 15) is 9.36 Å². The molecular formula is C8H19N2O4PS. The van der Waals surface area contributed by atoms with Gasteiger partial charge in [0.15, 0.2) is 0 Å². The van der Waals surface area contributed by atoms with Crippen molar-refractivity contribution in [3.63, 3.8) is 0 Å². The van der Waals surface area contributed by atoms with Gasteiger partial charge < -0.3 is 14.9 Å². The molecule has 0 aliphatic heterocycles. The smallest absolute Gasteiger partial charge is 0.327 e. The first-order valence-electron chi connectivity index (χ1n) is 4.99. The third kappa shape index (κ3) is 6.50. The Morgan fingerprint density at radius 2 is 2.25 bits per heavy atom. The van der Waals surface area contributed by atoms with E-state index in [4.69, 9.17) is 9.63 Å². The van der Waals surface area contributed by atoms with Gasteiger partial charge in [0, 0.05) is 12.3 Å². The number of nitrogens with one attached hydrogen (secondary N) is 2. The minimum Gasteiger partial charge on any atom is -0.480 e. The summed E-state index contributed by atoms with van der Waals surface area (Å²) in [6, 6.07) is -0.889. The van der Waals surface area contributed by atoms with E-state index in [0.717, 1.165) is 11.4 Å². The highest BCUT2D eigenvalue weighted by atomic mass is 32.7. The summed E-state index contributed by atoms with van der Waals surface area (Å²) in [6.07, 6.45) is 0.